The Labute approximate surface area is 109 Å². The Bertz CT molecular complexity index is 434. The molecule has 3 heteroatoms. The topological polar surface area (TPSA) is 27.6 Å². The van der Waals surface area contributed by atoms with Gasteiger partial charge in [-0.1, -0.05) is 37.3 Å². The van der Waals surface area contributed by atoms with Crippen LogP contribution >= 0.6 is 0 Å². The Morgan fingerprint density at radius 2 is 2.06 bits per heavy atom. The van der Waals surface area contributed by atoms with Crippen LogP contribution in [0.2, 0.25) is 0 Å². The average molecular weight is 243 g/mol. The van der Waals surface area contributed by atoms with Crippen molar-refractivity contribution in [3.63, 3.8) is 0 Å². The number of benzene rings is 1. The number of hydrogen-bond acceptors (Lipinski definition) is 3. The van der Waals surface area contributed by atoms with Crippen LogP contribution in [0.3, 0.4) is 0 Å². The highest BCUT2D eigenvalue weighted by Gasteiger charge is 2.11. The highest BCUT2D eigenvalue weighted by molar-refractivity contribution is 5.81. The number of aliphatic imine (C=N–C) groups is 1. The van der Waals surface area contributed by atoms with Crippen LogP contribution in [0.1, 0.15) is 19.4 Å². The zero-order valence-electron chi connectivity index (χ0n) is 11.2. The molecule has 1 aromatic carbocycles. The predicted octanol–water partition coefficient (Wildman–Crippen LogP) is 2.41. The molecule has 1 aromatic rings. The molecule has 0 amide bonds. The normalized spacial score (nSPS) is 15.3. The lowest BCUT2D eigenvalue weighted by molar-refractivity contribution is 0.526. The fourth-order valence-corrected chi connectivity index (χ4v) is 1.99. The third-order valence-electron chi connectivity index (χ3n) is 3.06. The van der Waals surface area contributed by atoms with E-state index in [1.54, 1.807) is 0 Å². The van der Waals surface area contributed by atoms with Gasteiger partial charge in [0.1, 0.15) is 5.84 Å². The van der Waals surface area contributed by atoms with E-state index < -0.39 is 0 Å². The van der Waals surface area contributed by atoms with Gasteiger partial charge in [-0.15, -0.1) is 0 Å². The average Bonchev–Trinajstić information content (AvgIpc) is 2.41. The summed E-state index contributed by atoms with van der Waals surface area (Å²) in [6.07, 6.45) is 2.23. The van der Waals surface area contributed by atoms with Gasteiger partial charge in [-0.05, 0) is 24.6 Å². The predicted molar refractivity (Wildman–Crippen MR) is 76.6 cm³/mol. The molecule has 0 saturated carbocycles. The van der Waals surface area contributed by atoms with E-state index in [0.717, 1.165) is 32.0 Å². The van der Waals surface area contributed by atoms with E-state index in [4.69, 9.17) is 0 Å². The van der Waals surface area contributed by atoms with Crippen molar-refractivity contribution in [1.29, 1.82) is 0 Å². The van der Waals surface area contributed by atoms with Crippen molar-refractivity contribution in [2.75, 3.05) is 19.6 Å². The van der Waals surface area contributed by atoms with Gasteiger partial charge in [0.05, 0.1) is 6.54 Å². The number of hydrogen-bond donors (Lipinski definition) is 1. The molecule has 1 N–H and O–H groups in total. The molecule has 0 atom stereocenters. The summed E-state index contributed by atoms with van der Waals surface area (Å²) in [5, 5.41) is 3.35. The summed E-state index contributed by atoms with van der Waals surface area (Å²) in [4.78, 5) is 6.80. The van der Waals surface area contributed by atoms with E-state index in [1.165, 1.54) is 11.1 Å². The minimum Gasteiger partial charge on any atom is -0.333 e. The second kappa shape index (κ2) is 6.36. The van der Waals surface area contributed by atoms with E-state index >= 15 is 0 Å². The first-order chi connectivity index (χ1) is 8.79. The zero-order valence-corrected chi connectivity index (χ0v) is 11.2. The summed E-state index contributed by atoms with van der Waals surface area (Å²) in [6, 6.07) is 10.5. The van der Waals surface area contributed by atoms with Gasteiger partial charge in [0.25, 0.3) is 0 Å². The fourth-order valence-electron chi connectivity index (χ4n) is 1.99. The lowest BCUT2D eigenvalue weighted by Crippen LogP contribution is -2.29. The second-order valence-corrected chi connectivity index (χ2v) is 4.54. The first kappa shape index (κ1) is 12.8. The number of nitrogens with zero attached hydrogens (tertiary/aromatic N) is 2. The van der Waals surface area contributed by atoms with Crippen molar-refractivity contribution in [3.05, 3.63) is 47.7 Å². The highest BCUT2D eigenvalue weighted by atomic mass is 15.2. The van der Waals surface area contributed by atoms with E-state index in [-0.39, 0.29) is 0 Å². The van der Waals surface area contributed by atoms with Crippen LogP contribution in [0.25, 0.3) is 0 Å². The largest absolute Gasteiger partial charge is 0.333 e. The molecule has 1 heterocycles. The summed E-state index contributed by atoms with van der Waals surface area (Å²) in [6.45, 7) is 7.84. The minimum atomic E-state index is 0.824. The maximum atomic E-state index is 4.58. The molecule has 0 aliphatic carbocycles. The molecule has 2 rings (SSSR count). The van der Waals surface area contributed by atoms with Crippen molar-refractivity contribution >= 4 is 5.84 Å². The molecule has 0 aromatic heterocycles. The summed E-state index contributed by atoms with van der Waals surface area (Å²) in [7, 11) is 0. The number of likely N-dealkylation sites (N-methyl/N-ethyl adjacent to an activating group) is 1. The van der Waals surface area contributed by atoms with Crippen LogP contribution in [0.5, 0.6) is 0 Å². The Hall–Kier alpha value is -1.61. The van der Waals surface area contributed by atoms with E-state index in [9.17, 15) is 0 Å². The smallest absolute Gasteiger partial charge is 0.100 e. The maximum absolute atomic E-state index is 4.58. The summed E-state index contributed by atoms with van der Waals surface area (Å²) in [5.74, 6) is 1.10. The van der Waals surface area contributed by atoms with Crippen LogP contribution < -0.4 is 5.32 Å². The van der Waals surface area contributed by atoms with E-state index in [2.05, 4.69) is 59.5 Å². The molecule has 1 aliphatic heterocycles. The standard InChI is InChI=1S/C15H21N3/c1-3-16-9-15-10-17-13(2)18(12-15)11-14-7-5-4-6-8-14/h4-8,12,16H,3,9-11H2,1-2H3. The molecule has 0 saturated heterocycles. The van der Waals surface area contributed by atoms with Gasteiger partial charge in [-0.25, -0.2) is 0 Å². The van der Waals surface area contributed by atoms with Crippen molar-refractivity contribution in [3.8, 4) is 0 Å². The number of nitrogens with one attached hydrogen (secondary N) is 1. The van der Waals surface area contributed by atoms with Crippen LogP contribution in [-0.2, 0) is 6.54 Å². The Morgan fingerprint density at radius 1 is 1.28 bits per heavy atom. The van der Waals surface area contributed by atoms with Crippen molar-refractivity contribution in [2.24, 2.45) is 4.99 Å². The monoisotopic (exact) mass is 243 g/mol. The van der Waals surface area contributed by atoms with Crippen molar-refractivity contribution < 1.29 is 0 Å². The zero-order chi connectivity index (χ0) is 12.8. The Morgan fingerprint density at radius 3 is 2.78 bits per heavy atom. The van der Waals surface area contributed by atoms with Gasteiger partial charge >= 0.3 is 0 Å². The molecule has 0 fully saturated rings. The van der Waals surface area contributed by atoms with Crippen LogP contribution in [0.4, 0.5) is 0 Å². The Kier molecular flexibility index (Phi) is 4.53. The summed E-state index contributed by atoms with van der Waals surface area (Å²) in [5.41, 5.74) is 2.66. The molecule has 0 spiro atoms. The summed E-state index contributed by atoms with van der Waals surface area (Å²) >= 11 is 0. The second-order valence-electron chi connectivity index (χ2n) is 4.54. The molecule has 3 nitrogen and oxygen atoms in total. The lowest BCUT2D eigenvalue weighted by atomic mass is 10.2. The van der Waals surface area contributed by atoms with Gasteiger partial charge in [-0.2, -0.15) is 0 Å². The SMILES string of the molecule is CCNCC1=CN(Cc2ccccc2)C(C)=NC1. The highest BCUT2D eigenvalue weighted by Crippen LogP contribution is 2.12. The molecule has 18 heavy (non-hydrogen) atoms. The van der Waals surface area contributed by atoms with Crippen LogP contribution in [-0.4, -0.2) is 30.4 Å². The third-order valence-corrected chi connectivity index (χ3v) is 3.06. The lowest BCUT2D eigenvalue weighted by Gasteiger charge is -2.25. The van der Waals surface area contributed by atoms with Crippen LogP contribution in [0.15, 0.2) is 47.1 Å². The third kappa shape index (κ3) is 3.44. The van der Waals surface area contributed by atoms with Gasteiger partial charge in [0.15, 0.2) is 0 Å². The first-order valence-corrected chi connectivity index (χ1v) is 6.51. The van der Waals surface area contributed by atoms with Gasteiger partial charge in [0, 0.05) is 19.3 Å². The molecule has 0 bridgehead atoms. The molecular formula is C15H21N3. The van der Waals surface area contributed by atoms with Gasteiger partial charge < -0.3 is 10.2 Å². The molecule has 0 unspecified atom stereocenters. The minimum absolute atomic E-state index is 0.824. The molecular weight excluding hydrogens is 222 g/mol. The number of amidine groups is 1. The van der Waals surface area contributed by atoms with E-state index in [0.29, 0.717) is 0 Å². The van der Waals surface area contributed by atoms with Gasteiger partial charge in [0.2, 0.25) is 0 Å². The quantitative estimate of drug-likeness (QED) is 0.860. The first-order valence-electron chi connectivity index (χ1n) is 6.51. The maximum Gasteiger partial charge on any atom is 0.100 e. The number of rotatable bonds is 5. The van der Waals surface area contributed by atoms with E-state index in [1.807, 2.05) is 6.07 Å². The molecule has 1 aliphatic rings. The summed E-state index contributed by atoms with van der Waals surface area (Å²) < 4.78 is 0. The fraction of sp³-hybridized carbons (Fsp3) is 0.400. The van der Waals surface area contributed by atoms with Crippen LogP contribution in [0, 0.1) is 0 Å². The Balaban J connectivity index is 2.03. The van der Waals surface area contributed by atoms with Gasteiger partial charge in [-0.3, -0.25) is 4.99 Å². The van der Waals surface area contributed by atoms with Crippen molar-refractivity contribution in [1.82, 2.24) is 10.2 Å². The van der Waals surface area contributed by atoms with Crippen molar-refractivity contribution in [2.45, 2.75) is 20.4 Å². The molecule has 0 radical (unpaired) electrons. The molecule has 96 valence electrons.